The third kappa shape index (κ3) is 3.68. The Morgan fingerprint density at radius 1 is 1.34 bits per heavy atom. The van der Waals surface area contributed by atoms with Gasteiger partial charge >= 0.3 is 0 Å². The number of amidine groups is 1. The molecule has 4 heterocycles. The minimum Gasteiger partial charge on any atom is -0.382 e. The zero-order chi connectivity index (χ0) is 22.3. The van der Waals surface area contributed by atoms with Crippen LogP contribution in [0.4, 0.5) is 10.9 Å². The van der Waals surface area contributed by atoms with Gasteiger partial charge in [0.25, 0.3) is 5.84 Å². The molecule has 2 aromatic rings. The van der Waals surface area contributed by atoms with Crippen LogP contribution in [0, 0.1) is 11.3 Å². The summed E-state index contributed by atoms with van der Waals surface area (Å²) >= 11 is 13.8. The van der Waals surface area contributed by atoms with Crippen molar-refractivity contribution in [2.45, 2.75) is 18.9 Å². The Bertz CT molecular complexity index is 1240. The van der Waals surface area contributed by atoms with Crippen molar-refractivity contribution in [2.75, 3.05) is 24.1 Å². The predicted molar refractivity (Wildman–Crippen MR) is 129 cm³/mol. The van der Waals surface area contributed by atoms with Crippen LogP contribution in [0.2, 0.25) is 10.0 Å². The summed E-state index contributed by atoms with van der Waals surface area (Å²) in [4.78, 5) is 13.7. The highest BCUT2D eigenvalue weighted by Gasteiger charge is 2.47. The van der Waals surface area contributed by atoms with E-state index in [0.717, 1.165) is 24.9 Å². The van der Waals surface area contributed by atoms with Gasteiger partial charge in [-0.3, -0.25) is 0 Å². The van der Waals surface area contributed by atoms with Gasteiger partial charge in [0, 0.05) is 16.6 Å². The number of piperidine rings is 1. The lowest BCUT2D eigenvalue weighted by Crippen LogP contribution is -2.61. The molecule has 32 heavy (non-hydrogen) atoms. The SMILES string of the molecule is N#Cc1sc(NC2CCCN([N+]34C=C(c5ccc(Cl)cc5Cl)N=CC3=NC=N4)C2)nc1N. The van der Waals surface area contributed by atoms with Crippen molar-refractivity contribution in [1.82, 2.24) is 9.99 Å². The van der Waals surface area contributed by atoms with Gasteiger partial charge < -0.3 is 11.1 Å². The number of aliphatic imine (C=N–C) groups is 2. The number of nitriles is 1. The van der Waals surface area contributed by atoms with Crippen molar-refractivity contribution in [2.24, 2.45) is 15.1 Å². The van der Waals surface area contributed by atoms with E-state index in [0.29, 0.717) is 38.1 Å². The number of benzene rings is 1. The maximum atomic E-state index is 9.14. The fraction of sp³-hybridized carbons (Fsp3) is 0.250. The number of rotatable bonds is 4. The lowest BCUT2D eigenvalue weighted by molar-refractivity contribution is -0.917. The minimum absolute atomic E-state index is 0.0966. The predicted octanol–water partition coefficient (Wildman–Crippen LogP) is 3.95. The smallest absolute Gasteiger partial charge is 0.300 e. The van der Waals surface area contributed by atoms with E-state index >= 15 is 0 Å². The first kappa shape index (κ1) is 21.1. The van der Waals surface area contributed by atoms with E-state index in [-0.39, 0.29) is 16.6 Å². The van der Waals surface area contributed by atoms with E-state index in [1.54, 1.807) is 24.7 Å². The Kier molecular flexibility index (Phi) is 5.44. The molecule has 1 aromatic carbocycles. The molecular formula is C20H18Cl2N9S+. The number of quaternary nitrogens is 1. The third-order valence-corrected chi connectivity index (χ3v) is 6.95. The second kappa shape index (κ2) is 8.27. The summed E-state index contributed by atoms with van der Waals surface area (Å²) in [5.74, 6) is 0.970. The Morgan fingerprint density at radius 2 is 2.22 bits per heavy atom. The van der Waals surface area contributed by atoms with Crippen LogP contribution in [0.25, 0.3) is 5.70 Å². The van der Waals surface area contributed by atoms with Gasteiger partial charge in [-0.15, -0.1) is 5.01 Å². The molecule has 9 nitrogen and oxygen atoms in total. The molecule has 2 atom stereocenters. The first-order valence-electron chi connectivity index (χ1n) is 9.90. The first-order valence-corrected chi connectivity index (χ1v) is 11.5. The number of thiazole rings is 1. The van der Waals surface area contributed by atoms with E-state index in [2.05, 4.69) is 31.4 Å². The van der Waals surface area contributed by atoms with Crippen molar-refractivity contribution in [3.8, 4) is 6.07 Å². The number of hydrogen-bond donors (Lipinski definition) is 2. The Balaban J connectivity index is 1.43. The maximum Gasteiger partial charge on any atom is 0.300 e. The summed E-state index contributed by atoms with van der Waals surface area (Å²) in [5, 5.41) is 21.2. The van der Waals surface area contributed by atoms with Gasteiger partial charge in [-0.25, -0.2) is 9.98 Å². The Morgan fingerprint density at radius 3 is 3.00 bits per heavy atom. The molecule has 0 spiro atoms. The number of anilines is 2. The lowest BCUT2D eigenvalue weighted by atomic mass is 10.1. The number of hydrogen-bond acceptors (Lipinski definition) is 9. The molecule has 3 aliphatic rings. The van der Waals surface area contributed by atoms with E-state index in [1.807, 2.05) is 12.3 Å². The van der Waals surface area contributed by atoms with Crippen LogP contribution in [-0.4, -0.2) is 52.2 Å². The lowest BCUT2D eigenvalue weighted by Gasteiger charge is -2.40. The molecule has 1 aromatic heterocycles. The highest BCUT2D eigenvalue weighted by molar-refractivity contribution is 7.16. The second-order valence-corrected chi connectivity index (χ2v) is 9.35. The third-order valence-electron chi connectivity index (χ3n) is 5.50. The summed E-state index contributed by atoms with van der Waals surface area (Å²) in [6, 6.07) is 7.53. The van der Waals surface area contributed by atoms with E-state index in [1.165, 1.54) is 11.3 Å². The van der Waals surface area contributed by atoms with Crippen molar-refractivity contribution in [3.05, 3.63) is 44.9 Å². The fourth-order valence-electron chi connectivity index (χ4n) is 3.99. The first-order chi connectivity index (χ1) is 15.5. The number of fused-ring (bicyclic) bond motifs is 1. The highest BCUT2D eigenvalue weighted by Crippen LogP contribution is 2.35. The average Bonchev–Trinajstić information content (AvgIpc) is 3.37. The molecular weight excluding hydrogens is 469 g/mol. The molecule has 3 N–H and O–H groups in total. The molecule has 1 fully saturated rings. The van der Waals surface area contributed by atoms with E-state index < -0.39 is 0 Å². The van der Waals surface area contributed by atoms with Crippen LogP contribution in [0.3, 0.4) is 0 Å². The van der Waals surface area contributed by atoms with Crippen LogP contribution in [0.15, 0.2) is 39.5 Å². The topological polar surface area (TPSA) is 115 Å². The van der Waals surface area contributed by atoms with Gasteiger partial charge in [-0.1, -0.05) is 34.5 Å². The van der Waals surface area contributed by atoms with Crippen molar-refractivity contribution in [1.29, 1.82) is 5.26 Å². The van der Waals surface area contributed by atoms with Crippen LogP contribution in [0.1, 0.15) is 23.3 Å². The molecule has 0 amide bonds. The largest absolute Gasteiger partial charge is 0.382 e. The Labute approximate surface area is 198 Å². The summed E-state index contributed by atoms with van der Waals surface area (Å²) in [6.07, 6.45) is 7.15. The monoisotopic (exact) mass is 486 g/mol. The Hall–Kier alpha value is -2.81. The van der Waals surface area contributed by atoms with Gasteiger partial charge in [-0.05, 0) is 40.8 Å². The highest BCUT2D eigenvalue weighted by atomic mass is 35.5. The minimum atomic E-state index is 0.0966. The van der Waals surface area contributed by atoms with Gasteiger partial charge in [0.1, 0.15) is 22.9 Å². The van der Waals surface area contributed by atoms with Crippen LogP contribution >= 0.6 is 34.5 Å². The number of halogens is 2. The van der Waals surface area contributed by atoms with Crippen LogP contribution in [0.5, 0.6) is 0 Å². The van der Waals surface area contributed by atoms with Crippen molar-refractivity contribution >= 4 is 69.6 Å². The van der Waals surface area contributed by atoms with Gasteiger partial charge in [0.15, 0.2) is 23.5 Å². The van der Waals surface area contributed by atoms with Crippen LogP contribution in [-0.2, 0) is 0 Å². The summed E-state index contributed by atoms with van der Waals surface area (Å²) in [5.41, 5.74) is 7.29. The number of nitrogens with two attached hydrogens (primary N) is 1. The average molecular weight is 487 g/mol. The van der Waals surface area contributed by atoms with Crippen LogP contribution < -0.4 is 11.1 Å². The quantitative estimate of drug-likeness (QED) is 0.634. The summed E-state index contributed by atoms with van der Waals surface area (Å²) in [7, 11) is 0. The molecule has 2 unspecified atom stereocenters. The number of nitrogens with one attached hydrogen (secondary N) is 1. The van der Waals surface area contributed by atoms with Gasteiger partial charge in [-0.2, -0.15) is 10.3 Å². The second-order valence-electron chi connectivity index (χ2n) is 7.51. The van der Waals surface area contributed by atoms with Gasteiger partial charge in [0.05, 0.1) is 18.1 Å². The summed E-state index contributed by atoms with van der Waals surface area (Å²) < 4.78 is 0.0966. The van der Waals surface area contributed by atoms with Crippen molar-refractivity contribution in [3.63, 3.8) is 0 Å². The van der Waals surface area contributed by atoms with E-state index in [9.17, 15) is 0 Å². The normalized spacial score (nSPS) is 24.6. The number of nitrogen functional groups attached to an aromatic ring is 1. The molecule has 3 aliphatic heterocycles. The standard InChI is InChI=1S/C20H18Cl2N9S/c21-12-3-4-14(15(22)6-12)16-10-31(18(8-25-16)26-11-27-31)30-5-1-2-13(9-30)28-20-29-19(24)17(7-23)32-20/h3-4,6,8,10-11,13H,1-2,5,9,24H2,(H,28,29)/q+1. The number of aromatic nitrogens is 1. The molecule has 0 aliphatic carbocycles. The zero-order valence-electron chi connectivity index (χ0n) is 16.7. The molecule has 0 saturated carbocycles. The molecule has 12 heteroatoms. The molecule has 0 bridgehead atoms. The molecule has 0 radical (unpaired) electrons. The summed E-state index contributed by atoms with van der Waals surface area (Å²) in [6.45, 7) is 1.51. The molecule has 5 rings (SSSR count). The zero-order valence-corrected chi connectivity index (χ0v) is 19.1. The van der Waals surface area contributed by atoms with Crippen molar-refractivity contribution < 1.29 is 4.70 Å². The fourth-order valence-corrected chi connectivity index (χ4v) is 5.26. The maximum absolute atomic E-state index is 9.14. The van der Waals surface area contributed by atoms with Gasteiger partial charge in [0.2, 0.25) is 0 Å². The molecule has 1 saturated heterocycles. The van der Waals surface area contributed by atoms with E-state index in [4.69, 9.17) is 39.3 Å². The number of nitrogens with zero attached hydrogens (tertiary/aromatic N) is 7. The molecule has 162 valence electrons.